The zero-order chi connectivity index (χ0) is 30.6. The molecule has 0 saturated carbocycles. The van der Waals surface area contributed by atoms with Gasteiger partial charge >= 0.3 is 0 Å². The van der Waals surface area contributed by atoms with E-state index >= 15 is 0 Å². The van der Waals surface area contributed by atoms with E-state index in [0.717, 1.165) is 30.9 Å². The Morgan fingerprint density at radius 1 is 0.881 bits per heavy atom. The number of aliphatic hydroxyl groups excluding tert-OH is 1. The highest BCUT2D eigenvalue weighted by atomic mass is 19.1. The summed E-state index contributed by atoms with van der Waals surface area (Å²) in [6.07, 6.45) is 1.37. The molecule has 0 bridgehead atoms. The Morgan fingerprint density at radius 2 is 1.52 bits per heavy atom. The topological polar surface area (TPSA) is 108 Å². The second-order valence-corrected chi connectivity index (χ2v) is 10.6. The Hall–Kier alpha value is -3.82. The molecule has 5 N–H and O–H groups in total. The van der Waals surface area contributed by atoms with Gasteiger partial charge in [0.2, 0.25) is 0 Å². The van der Waals surface area contributed by atoms with Gasteiger partial charge in [0.05, 0.1) is 12.1 Å². The molecular weight excluding hydrogens is 538 g/mol. The molecule has 2 atom stereocenters. The van der Waals surface area contributed by atoms with Crippen molar-refractivity contribution in [2.75, 3.05) is 25.4 Å². The molecular formula is C33H42F2N4O3. The van der Waals surface area contributed by atoms with E-state index in [-0.39, 0.29) is 35.7 Å². The second kappa shape index (κ2) is 16.0. The SMILES string of the molecule is CCCN(CCC)C(=O)c1cc(N)cc(C(=O)N[C@@H](Cc2cc(F)cc(F)c2)[C@H](O)CNCc2cccc(CC)c2)c1. The summed E-state index contributed by atoms with van der Waals surface area (Å²) in [5.41, 5.74) is 9.30. The van der Waals surface area contributed by atoms with Crippen LogP contribution in [0.4, 0.5) is 14.5 Å². The molecule has 0 unspecified atom stereocenters. The van der Waals surface area contributed by atoms with E-state index in [4.69, 9.17) is 5.73 Å². The molecule has 0 saturated heterocycles. The third-order valence-corrected chi connectivity index (χ3v) is 6.98. The van der Waals surface area contributed by atoms with E-state index in [2.05, 4.69) is 23.6 Å². The van der Waals surface area contributed by atoms with Gasteiger partial charge in [-0.2, -0.15) is 0 Å². The third kappa shape index (κ3) is 9.63. The number of carbonyl (C=O) groups excluding carboxylic acids is 2. The number of hydrogen-bond donors (Lipinski definition) is 4. The van der Waals surface area contributed by atoms with Crippen LogP contribution in [0.25, 0.3) is 0 Å². The zero-order valence-electron chi connectivity index (χ0n) is 24.6. The zero-order valence-corrected chi connectivity index (χ0v) is 24.6. The lowest BCUT2D eigenvalue weighted by atomic mass is 9.99. The molecule has 226 valence electrons. The van der Waals surface area contributed by atoms with E-state index in [1.165, 1.54) is 35.9 Å². The molecule has 0 fully saturated rings. The number of rotatable bonds is 15. The van der Waals surface area contributed by atoms with E-state index in [1.54, 1.807) is 4.90 Å². The molecule has 2 amide bonds. The summed E-state index contributed by atoms with van der Waals surface area (Å²) < 4.78 is 27.9. The third-order valence-electron chi connectivity index (χ3n) is 6.98. The molecule has 3 aromatic carbocycles. The average molecular weight is 581 g/mol. The van der Waals surface area contributed by atoms with Crippen LogP contribution in [0.2, 0.25) is 0 Å². The van der Waals surface area contributed by atoms with Crippen LogP contribution in [0, 0.1) is 11.6 Å². The highest BCUT2D eigenvalue weighted by Crippen LogP contribution is 2.17. The van der Waals surface area contributed by atoms with Crippen LogP contribution >= 0.6 is 0 Å². The van der Waals surface area contributed by atoms with Crippen molar-refractivity contribution in [1.29, 1.82) is 0 Å². The van der Waals surface area contributed by atoms with Crippen LogP contribution < -0.4 is 16.4 Å². The first-order valence-electron chi connectivity index (χ1n) is 14.6. The molecule has 42 heavy (non-hydrogen) atoms. The van der Waals surface area contributed by atoms with E-state index in [1.807, 2.05) is 32.0 Å². The second-order valence-electron chi connectivity index (χ2n) is 10.6. The average Bonchev–Trinajstić information content (AvgIpc) is 2.95. The quantitative estimate of drug-likeness (QED) is 0.192. The molecule has 0 aliphatic rings. The van der Waals surface area contributed by atoms with Crippen molar-refractivity contribution in [3.8, 4) is 0 Å². The minimum atomic E-state index is -1.10. The lowest BCUT2D eigenvalue weighted by molar-refractivity contribution is 0.0755. The molecule has 3 aromatic rings. The van der Waals surface area contributed by atoms with Crippen LogP contribution in [0.3, 0.4) is 0 Å². The van der Waals surface area contributed by atoms with Crippen molar-refractivity contribution in [1.82, 2.24) is 15.5 Å². The van der Waals surface area contributed by atoms with Gasteiger partial charge in [-0.05, 0) is 72.7 Å². The highest BCUT2D eigenvalue weighted by molar-refractivity contribution is 6.01. The molecule has 0 heterocycles. The summed E-state index contributed by atoms with van der Waals surface area (Å²) >= 11 is 0. The minimum Gasteiger partial charge on any atom is -0.399 e. The van der Waals surface area contributed by atoms with Gasteiger partial charge in [0.1, 0.15) is 11.6 Å². The minimum absolute atomic E-state index is 0.0243. The smallest absolute Gasteiger partial charge is 0.253 e. The fraction of sp³-hybridized carbons (Fsp3) is 0.394. The van der Waals surface area contributed by atoms with Gasteiger partial charge in [0, 0.05) is 49.1 Å². The maximum Gasteiger partial charge on any atom is 0.253 e. The van der Waals surface area contributed by atoms with E-state index in [9.17, 15) is 23.5 Å². The van der Waals surface area contributed by atoms with Crippen LogP contribution in [-0.2, 0) is 19.4 Å². The molecule has 9 heteroatoms. The molecule has 3 rings (SSSR count). The summed E-state index contributed by atoms with van der Waals surface area (Å²) in [7, 11) is 0. The van der Waals surface area contributed by atoms with Gasteiger partial charge in [-0.1, -0.05) is 45.0 Å². The van der Waals surface area contributed by atoms with Gasteiger partial charge in [0.25, 0.3) is 11.8 Å². The van der Waals surface area contributed by atoms with Gasteiger partial charge < -0.3 is 26.4 Å². The van der Waals surface area contributed by atoms with Crippen molar-refractivity contribution in [2.24, 2.45) is 0 Å². The fourth-order valence-corrected chi connectivity index (χ4v) is 4.93. The van der Waals surface area contributed by atoms with E-state index in [0.29, 0.717) is 25.2 Å². The normalized spacial score (nSPS) is 12.5. The standard InChI is InChI=1S/C33H42F2N4O3/c1-4-10-39(11-5-2)33(42)26-16-25(17-29(36)18-26)32(41)38-30(15-24-13-27(34)19-28(35)14-24)31(40)21-37-20-23-9-7-8-22(6-3)12-23/h7-9,12-14,16-19,30-31,37,40H,4-6,10-11,15,20-21,36H2,1-3H3,(H,38,41)/t30-,31+/m0/s1. The van der Waals surface area contributed by atoms with Crippen molar-refractivity contribution in [3.63, 3.8) is 0 Å². The summed E-state index contributed by atoms with van der Waals surface area (Å²) in [5, 5.41) is 17.1. The van der Waals surface area contributed by atoms with Crippen LogP contribution in [0.15, 0.2) is 60.7 Å². The van der Waals surface area contributed by atoms with Crippen LogP contribution in [0.1, 0.15) is 71.0 Å². The number of benzene rings is 3. The van der Waals surface area contributed by atoms with Gasteiger partial charge in [-0.3, -0.25) is 9.59 Å². The van der Waals surface area contributed by atoms with Crippen LogP contribution in [0.5, 0.6) is 0 Å². The molecule has 0 spiro atoms. The molecule has 0 aliphatic carbocycles. The molecule has 0 aromatic heterocycles. The van der Waals surface area contributed by atoms with Crippen molar-refractivity contribution in [2.45, 2.75) is 65.1 Å². The number of halogens is 2. The summed E-state index contributed by atoms with van der Waals surface area (Å²) in [6, 6.07) is 14.8. The van der Waals surface area contributed by atoms with E-state index < -0.39 is 29.7 Å². The van der Waals surface area contributed by atoms with Crippen molar-refractivity contribution >= 4 is 17.5 Å². The van der Waals surface area contributed by atoms with Crippen LogP contribution in [-0.4, -0.2) is 53.6 Å². The number of aryl methyl sites for hydroxylation is 1. The predicted molar refractivity (Wildman–Crippen MR) is 162 cm³/mol. The number of nitrogens with two attached hydrogens (primary N) is 1. The first kappa shape index (κ1) is 32.7. The number of nitrogens with zero attached hydrogens (tertiary/aromatic N) is 1. The van der Waals surface area contributed by atoms with Gasteiger partial charge in [0.15, 0.2) is 0 Å². The number of hydrogen-bond acceptors (Lipinski definition) is 5. The number of amides is 2. The van der Waals surface area contributed by atoms with Gasteiger partial charge in [-0.15, -0.1) is 0 Å². The molecule has 0 aliphatic heterocycles. The summed E-state index contributed by atoms with van der Waals surface area (Å²) in [5.74, 6) is -2.28. The Morgan fingerprint density at radius 3 is 2.17 bits per heavy atom. The maximum atomic E-state index is 13.9. The molecule has 7 nitrogen and oxygen atoms in total. The number of nitrogens with one attached hydrogen (secondary N) is 2. The fourth-order valence-electron chi connectivity index (χ4n) is 4.93. The number of carbonyl (C=O) groups is 2. The number of anilines is 1. The van der Waals surface area contributed by atoms with Crippen molar-refractivity contribution < 1.29 is 23.5 Å². The summed E-state index contributed by atoms with van der Waals surface area (Å²) in [4.78, 5) is 28.3. The number of nitrogen functional groups attached to an aromatic ring is 1. The molecule has 0 radical (unpaired) electrons. The Kier molecular flexibility index (Phi) is 12.4. The lowest BCUT2D eigenvalue weighted by Gasteiger charge is -2.25. The Balaban J connectivity index is 1.80. The first-order valence-corrected chi connectivity index (χ1v) is 14.6. The maximum absolute atomic E-state index is 13.9. The largest absolute Gasteiger partial charge is 0.399 e. The lowest BCUT2D eigenvalue weighted by Crippen LogP contribution is -2.48. The van der Waals surface area contributed by atoms with Crippen molar-refractivity contribution in [3.05, 3.63) is 100 Å². The monoisotopic (exact) mass is 580 g/mol. The Labute approximate surface area is 247 Å². The highest BCUT2D eigenvalue weighted by Gasteiger charge is 2.24. The Bertz CT molecular complexity index is 1320. The predicted octanol–water partition coefficient (Wildman–Crippen LogP) is 4.86. The first-order chi connectivity index (χ1) is 20.1. The number of aliphatic hydroxyl groups is 1. The summed E-state index contributed by atoms with van der Waals surface area (Å²) in [6.45, 7) is 7.82. The van der Waals surface area contributed by atoms with Gasteiger partial charge in [-0.25, -0.2) is 8.78 Å².